The Labute approximate surface area is 89.9 Å². The van der Waals surface area contributed by atoms with E-state index in [9.17, 15) is 4.79 Å². The molecule has 0 bridgehead atoms. The third kappa shape index (κ3) is 2.88. The standard InChI is InChI=1S/C12H16OS/c1-8(2)14-12-6-5-9(3)7-11(12)10(4)13/h5-8H,1-4H3. The van der Waals surface area contributed by atoms with Crippen molar-refractivity contribution in [2.75, 3.05) is 0 Å². The van der Waals surface area contributed by atoms with E-state index in [-0.39, 0.29) is 5.78 Å². The third-order valence-corrected chi connectivity index (χ3v) is 2.96. The smallest absolute Gasteiger partial charge is 0.160 e. The predicted octanol–water partition coefficient (Wildman–Crippen LogP) is 3.70. The number of hydrogen-bond acceptors (Lipinski definition) is 2. The van der Waals surface area contributed by atoms with Crippen molar-refractivity contribution >= 4 is 17.5 Å². The van der Waals surface area contributed by atoms with Gasteiger partial charge in [-0.2, -0.15) is 0 Å². The zero-order valence-corrected chi connectivity index (χ0v) is 9.94. The Hall–Kier alpha value is -0.760. The van der Waals surface area contributed by atoms with E-state index in [4.69, 9.17) is 0 Å². The van der Waals surface area contributed by atoms with Gasteiger partial charge in [-0.05, 0) is 26.0 Å². The van der Waals surface area contributed by atoms with Gasteiger partial charge in [-0.3, -0.25) is 4.79 Å². The molecule has 0 radical (unpaired) electrons. The number of aryl methyl sites for hydroxylation is 1. The number of carbonyl (C=O) groups excluding carboxylic acids is 1. The van der Waals surface area contributed by atoms with Crippen LogP contribution in [0.25, 0.3) is 0 Å². The molecular weight excluding hydrogens is 192 g/mol. The highest BCUT2D eigenvalue weighted by Crippen LogP contribution is 2.27. The molecule has 0 unspecified atom stereocenters. The van der Waals surface area contributed by atoms with Crippen LogP contribution in [0.4, 0.5) is 0 Å². The average Bonchev–Trinajstić information content (AvgIpc) is 2.07. The largest absolute Gasteiger partial charge is 0.294 e. The molecule has 0 saturated carbocycles. The van der Waals surface area contributed by atoms with Gasteiger partial charge in [0, 0.05) is 15.7 Å². The maximum absolute atomic E-state index is 11.4. The molecule has 0 atom stereocenters. The molecule has 2 heteroatoms. The van der Waals surface area contributed by atoms with Gasteiger partial charge in [-0.1, -0.05) is 25.5 Å². The molecule has 0 aliphatic heterocycles. The van der Waals surface area contributed by atoms with Crippen LogP contribution < -0.4 is 0 Å². The summed E-state index contributed by atoms with van der Waals surface area (Å²) in [6.07, 6.45) is 0. The summed E-state index contributed by atoms with van der Waals surface area (Å²) in [5.74, 6) is 0.150. The molecule has 76 valence electrons. The number of thioether (sulfide) groups is 1. The van der Waals surface area contributed by atoms with Gasteiger partial charge in [-0.15, -0.1) is 11.8 Å². The Morgan fingerprint density at radius 2 is 2.00 bits per heavy atom. The van der Waals surface area contributed by atoms with Crippen LogP contribution in [0.2, 0.25) is 0 Å². The van der Waals surface area contributed by atoms with Gasteiger partial charge >= 0.3 is 0 Å². The number of benzene rings is 1. The number of hydrogen-bond donors (Lipinski definition) is 0. The van der Waals surface area contributed by atoms with Crippen LogP contribution in [0.1, 0.15) is 36.7 Å². The molecule has 0 amide bonds. The lowest BCUT2D eigenvalue weighted by atomic mass is 10.1. The van der Waals surface area contributed by atoms with E-state index in [1.807, 2.05) is 19.1 Å². The first-order valence-electron chi connectivity index (χ1n) is 4.79. The number of carbonyl (C=O) groups is 1. The Bertz CT molecular complexity index is 342. The SMILES string of the molecule is CC(=O)c1cc(C)ccc1SC(C)C. The Morgan fingerprint density at radius 3 is 2.50 bits per heavy atom. The van der Waals surface area contributed by atoms with Crippen LogP contribution in [0.15, 0.2) is 23.1 Å². The highest BCUT2D eigenvalue weighted by Gasteiger charge is 2.09. The fourth-order valence-corrected chi connectivity index (χ4v) is 2.26. The second-order valence-corrected chi connectivity index (χ2v) is 5.34. The zero-order valence-electron chi connectivity index (χ0n) is 9.13. The van der Waals surface area contributed by atoms with Crippen LogP contribution in [-0.2, 0) is 0 Å². The number of Topliss-reactive ketones (excluding diaryl/α,β-unsaturated/α-hetero) is 1. The molecule has 1 aromatic carbocycles. The van der Waals surface area contributed by atoms with Crippen molar-refractivity contribution in [3.63, 3.8) is 0 Å². The summed E-state index contributed by atoms with van der Waals surface area (Å²) in [7, 11) is 0. The monoisotopic (exact) mass is 208 g/mol. The van der Waals surface area contributed by atoms with Gasteiger partial charge in [0.2, 0.25) is 0 Å². The molecule has 0 fully saturated rings. The lowest BCUT2D eigenvalue weighted by molar-refractivity contribution is 0.101. The first kappa shape index (κ1) is 11.3. The third-order valence-electron chi connectivity index (χ3n) is 1.88. The zero-order chi connectivity index (χ0) is 10.7. The summed E-state index contributed by atoms with van der Waals surface area (Å²) in [4.78, 5) is 12.5. The van der Waals surface area contributed by atoms with Crippen LogP contribution in [0, 0.1) is 6.92 Å². The van der Waals surface area contributed by atoms with E-state index in [2.05, 4.69) is 19.9 Å². The maximum Gasteiger partial charge on any atom is 0.160 e. The first-order chi connectivity index (χ1) is 6.50. The molecular formula is C12H16OS. The van der Waals surface area contributed by atoms with Gasteiger partial charge in [0.1, 0.15) is 0 Å². The molecule has 1 rings (SSSR count). The van der Waals surface area contributed by atoms with Crippen molar-refractivity contribution in [1.82, 2.24) is 0 Å². The fourth-order valence-electron chi connectivity index (χ4n) is 1.28. The minimum Gasteiger partial charge on any atom is -0.294 e. The van der Waals surface area contributed by atoms with Crippen molar-refractivity contribution in [2.24, 2.45) is 0 Å². The summed E-state index contributed by atoms with van der Waals surface area (Å²) < 4.78 is 0. The molecule has 1 nitrogen and oxygen atoms in total. The average molecular weight is 208 g/mol. The predicted molar refractivity (Wildman–Crippen MR) is 62.2 cm³/mol. The van der Waals surface area contributed by atoms with E-state index in [0.717, 1.165) is 16.0 Å². The van der Waals surface area contributed by atoms with Crippen LogP contribution >= 0.6 is 11.8 Å². The second-order valence-electron chi connectivity index (χ2n) is 3.72. The van der Waals surface area contributed by atoms with E-state index < -0.39 is 0 Å². The molecule has 0 saturated heterocycles. The molecule has 0 N–H and O–H groups in total. The summed E-state index contributed by atoms with van der Waals surface area (Å²) in [5, 5.41) is 0.510. The minimum atomic E-state index is 0.150. The van der Waals surface area contributed by atoms with E-state index in [1.54, 1.807) is 18.7 Å². The molecule has 0 aromatic heterocycles. The molecule has 14 heavy (non-hydrogen) atoms. The van der Waals surface area contributed by atoms with Crippen molar-refractivity contribution in [1.29, 1.82) is 0 Å². The van der Waals surface area contributed by atoms with Gasteiger partial charge in [-0.25, -0.2) is 0 Å². The van der Waals surface area contributed by atoms with Gasteiger partial charge in [0.25, 0.3) is 0 Å². The lowest BCUT2D eigenvalue weighted by Crippen LogP contribution is -1.98. The normalized spacial score (nSPS) is 10.6. The van der Waals surface area contributed by atoms with Crippen molar-refractivity contribution in [3.8, 4) is 0 Å². The lowest BCUT2D eigenvalue weighted by Gasteiger charge is -2.09. The van der Waals surface area contributed by atoms with E-state index >= 15 is 0 Å². The first-order valence-corrected chi connectivity index (χ1v) is 5.67. The van der Waals surface area contributed by atoms with E-state index in [1.165, 1.54) is 0 Å². The quantitative estimate of drug-likeness (QED) is 0.556. The molecule has 0 aliphatic carbocycles. The summed E-state index contributed by atoms with van der Waals surface area (Å²) in [5.41, 5.74) is 1.99. The molecule has 1 aromatic rings. The Morgan fingerprint density at radius 1 is 1.36 bits per heavy atom. The van der Waals surface area contributed by atoms with Gasteiger partial charge in [0.05, 0.1) is 0 Å². The summed E-state index contributed by atoms with van der Waals surface area (Å²) in [6, 6.07) is 6.06. The number of ketones is 1. The van der Waals surface area contributed by atoms with Crippen LogP contribution in [0.3, 0.4) is 0 Å². The molecule has 0 heterocycles. The Kier molecular flexibility index (Phi) is 3.76. The molecule has 0 aliphatic rings. The second kappa shape index (κ2) is 4.65. The maximum atomic E-state index is 11.4. The van der Waals surface area contributed by atoms with Gasteiger partial charge < -0.3 is 0 Å². The fraction of sp³-hybridized carbons (Fsp3) is 0.417. The Balaban J connectivity index is 3.08. The highest BCUT2D eigenvalue weighted by atomic mass is 32.2. The van der Waals surface area contributed by atoms with Crippen molar-refractivity contribution in [3.05, 3.63) is 29.3 Å². The minimum absolute atomic E-state index is 0.150. The van der Waals surface area contributed by atoms with Crippen molar-refractivity contribution in [2.45, 2.75) is 37.8 Å². The topological polar surface area (TPSA) is 17.1 Å². The van der Waals surface area contributed by atoms with Crippen LogP contribution in [-0.4, -0.2) is 11.0 Å². The van der Waals surface area contributed by atoms with Crippen molar-refractivity contribution < 1.29 is 4.79 Å². The van der Waals surface area contributed by atoms with Crippen LogP contribution in [0.5, 0.6) is 0 Å². The molecule has 0 spiro atoms. The van der Waals surface area contributed by atoms with E-state index in [0.29, 0.717) is 5.25 Å². The number of rotatable bonds is 3. The highest BCUT2D eigenvalue weighted by molar-refractivity contribution is 8.00. The van der Waals surface area contributed by atoms with Gasteiger partial charge in [0.15, 0.2) is 5.78 Å². The summed E-state index contributed by atoms with van der Waals surface area (Å²) >= 11 is 1.74. The summed E-state index contributed by atoms with van der Waals surface area (Å²) in [6.45, 7) is 7.90.